The third-order valence-corrected chi connectivity index (χ3v) is 4.47. The number of carbonyl (C=O) groups is 1. The fraction of sp³-hybridized carbons (Fsp3) is 0.312. The number of nitrogens with two attached hydrogens (primary N) is 1. The summed E-state index contributed by atoms with van der Waals surface area (Å²) in [5.74, 6) is 0.397. The van der Waals surface area contributed by atoms with Gasteiger partial charge in [0.2, 0.25) is 5.91 Å². The van der Waals surface area contributed by atoms with Crippen molar-refractivity contribution >= 4 is 40.0 Å². The molecule has 5 heteroatoms. The summed E-state index contributed by atoms with van der Waals surface area (Å²) >= 11 is 7.77. The van der Waals surface area contributed by atoms with Gasteiger partial charge in [-0.05, 0) is 30.9 Å². The molecule has 0 bridgehead atoms. The molecule has 0 saturated heterocycles. The van der Waals surface area contributed by atoms with Crippen LogP contribution in [-0.4, -0.2) is 24.2 Å². The molecule has 0 aromatic heterocycles. The number of nitrogens with one attached hydrogen (secondary N) is 1. The molecule has 1 atom stereocenters. The minimum absolute atomic E-state index is 0.0182. The molecule has 21 heavy (non-hydrogen) atoms. The fourth-order valence-electron chi connectivity index (χ4n) is 2.02. The maximum Gasteiger partial charge on any atom is 0.230 e. The molecule has 0 radical (unpaired) electrons. The zero-order valence-corrected chi connectivity index (χ0v) is 13.5. The van der Waals surface area contributed by atoms with Crippen LogP contribution in [-0.2, 0) is 4.79 Å². The van der Waals surface area contributed by atoms with Crippen LogP contribution in [0.25, 0.3) is 10.8 Å². The van der Waals surface area contributed by atoms with Gasteiger partial charge in [0.15, 0.2) is 0 Å². The summed E-state index contributed by atoms with van der Waals surface area (Å²) in [6, 6.07) is 11.9. The number of hydrogen-bond acceptors (Lipinski definition) is 3. The molecule has 112 valence electrons. The molecule has 3 N–H and O–H groups in total. The van der Waals surface area contributed by atoms with Gasteiger partial charge in [-0.2, -0.15) is 0 Å². The first-order chi connectivity index (χ1) is 10.1. The van der Waals surface area contributed by atoms with Crippen LogP contribution < -0.4 is 11.1 Å². The molecule has 3 nitrogen and oxygen atoms in total. The van der Waals surface area contributed by atoms with E-state index in [-0.39, 0.29) is 11.9 Å². The van der Waals surface area contributed by atoms with Crippen molar-refractivity contribution in [2.45, 2.75) is 24.3 Å². The van der Waals surface area contributed by atoms with Gasteiger partial charge in [0, 0.05) is 27.9 Å². The van der Waals surface area contributed by atoms with E-state index in [1.165, 1.54) is 11.8 Å². The molecule has 0 aliphatic rings. The summed E-state index contributed by atoms with van der Waals surface area (Å²) in [5, 5.41) is 5.69. The van der Waals surface area contributed by atoms with E-state index >= 15 is 0 Å². The third kappa shape index (κ3) is 4.63. The second-order valence-electron chi connectivity index (χ2n) is 5.00. The van der Waals surface area contributed by atoms with Crippen molar-refractivity contribution in [1.29, 1.82) is 0 Å². The van der Waals surface area contributed by atoms with Gasteiger partial charge in [0.25, 0.3) is 0 Å². The van der Waals surface area contributed by atoms with Gasteiger partial charge >= 0.3 is 0 Å². The van der Waals surface area contributed by atoms with E-state index in [9.17, 15) is 4.79 Å². The molecule has 0 spiro atoms. The number of halogens is 1. The molecule has 0 fully saturated rings. The van der Waals surface area contributed by atoms with Crippen molar-refractivity contribution in [3.8, 4) is 0 Å². The van der Waals surface area contributed by atoms with Crippen molar-refractivity contribution in [3.05, 3.63) is 41.4 Å². The first-order valence-corrected chi connectivity index (χ1v) is 8.26. The molecule has 0 aliphatic heterocycles. The standard InChI is InChI=1S/C16H19ClN2OS/c1-11(18)8-9-19-15(20)10-21-14-7-3-5-12-4-2-6-13(17)16(12)14/h2-7,11H,8-10,18H2,1H3,(H,19,20). The van der Waals surface area contributed by atoms with E-state index in [0.717, 1.165) is 22.1 Å². The predicted molar refractivity (Wildman–Crippen MR) is 91.0 cm³/mol. The number of amides is 1. The van der Waals surface area contributed by atoms with Crippen LogP contribution in [0.1, 0.15) is 13.3 Å². The number of thioether (sulfide) groups is 1. The zero-order chi connectivity index (χ0) is 15.2. The van der Waals surface area contributed by atoms with E-state index < -0.39 is 0 Å². The molecule has 0 saturated carbocycles. The van der Waals surface area contributed by atoms with E-state index in [0.29, 0.717) is 17.3 Å². The lowest BCUT2D eigenvalue weighted by molar-refractivity contribution is -0.118. The van der Waals surface area contributed by atoms with Crippen molar-refractivity contribution in [3.63, 3.8) is 0 Å². The van der Waals surface area contributed by atoms with Crippen molar-refractivity contribution in [2.24, 2.45) is 5.73 Å². The topological polar surface area (TPSA) is 55.1 Å². The largest absolute Gasteiger partial charge is 0.355 e. The van der Waals surface area contributed by atoms with Crippen LogP contribution >= 0.6 is 23.4 Å². The number of carbonyl (C=O) groups excluding carboxylic acids is 1. The Morgan fingerprint density at radius 2 is 2.05 bits per heavy atom. The fourth-order valence-corrected chi connectivity index (χ4v) is 3.29. The van der Waals surface area contributed by atoms with Gasteiger partial charge in [0.1, 0.15) is 0 Å². The van der Waals surface area contributed by atoms with Gasteiger partial charge in [-0.3, -0.25) is 4.79 Å². The Morgan fingerprint density at radius 3 is 2.76 bits per heavy atom. The lowest BCUT2D eigenvalue weighted by Gasteiger charge is -2.09. The monoisotopic (exact) mass is 322 g/mol. The summed E-state index contributed by atoms with van der Waals surface area (Å²) in [6.45, 7) is 2.55. The molecular formula is C16H19ClN2OS. The Bertz CT molecular complexity index is 625. The summed E-state index contributed by atoms with van der Waals surface area (Å²) in [7, 11) is 0. The van der Waals surface area contributed by atoms with Gasteiger partial charge in [-0.1, -0.05) is 35.9 Å². The maximum atomic E-state index is 11.8. The molecule has 2 aromatic carbocycles. The van der Waals surface area contributed by atoms with E-state index in [2.05, 4.69) is 5.32 Å². The molecule has 1 amide bonds. The number of benzene rings is 2. The molecule has 1 unspecified atom stereocenters. The van der Waals surface area contributed by atoms with Crippen LogP contribution in [0.4, 0.5) is 0 Å². The van der Waals surface area contributed by atoms with Crippen molar-refractivity contribution in [2.75, 3.05) is 12.3 Å². The van der Waals surface area contributed by atoms with Crippen molar-refractivity contribution < 1.29 is 4.79 Å². The third-order valence-electron chi connectivity index (χ3n) is 3.10. The first kappa shape index (κ1) is 16.1. The van der Waals surface area contributed by atoms with Crippen LogP contribution in [0.15, 0.2) is 41.3 Å². The maximum absolute atomic E-state index is 11.8. The molecule has 0 heterocycles. The minimum Gasteiger partial charge on any atom is -0.355 e. The predicted octanol–water partition coefficient (Wildman–Crippen LogP) is 3.44. The lowest BCUT2D eigenvalue weighted by Crippen LogP contribution is -2.30. The number of fused-ring (bicyclic) bond motifs is 1. The summed E-state index contributed by atoms with van der Waals surface area (Å²) in [5.41, 5.74) is 5.65. The molecular weight excluding hydrogens is 304 g/mol. The quantitative estimate of drug-likeness (QED) is 0.801. The highest BCUT2D eigenvalue weighted by molar-refractivity contribution is 8.00. The van der Waals surface area contributed by atoms with Crippen LogP contribution in [0.3, 0.4) is 0 Å². The smallest absolute Gasteiger partial charge is 0.230 e. The van der Waals surface area contributed by atoms with Crippen LogP contribution in [0.5, 0.6) is 0 Å². The number of hydrogen-bond donors (Lipinski definition) is 2. The highest BCUT2D eigenvalue weighted by Crippen LogP contribution is 2.32. The molecule has 0 aliphatic carbocycles. The van der Waals surface area contributed by atoms with E-state index in [4.69, 9.17) is 17.3 Å². The lowest BCUT2D eigenvalue weighted by atomic mass is 10.1. The van der Waals surface area contributed by atoms with Gasteiger partial charge in [-0.25, -0.2) is 0 Å². The Morgan fingerprint density at radius 1 is 1.33 bits per heavy atom. The van der Waals surface area contributed by atoms with Gasteiger partial charge in [-0.15, -0.1) is 11.8 Å². The van der Waals surface area contributed by atoms with Gasteiger partial charge in [0.05, 0.1) is 5.75 Å². The normalized spacial score (nSPS) is 12.3. The van der Waals surface area contributed by atoms with E-state index in [1.807, 2.05) is 43.3 Å². The highest BCUT2D eigenvalue weighted by Gasteiger charge is 2.08. The highest BCUT2D eigenvalue weighted by atomic mass is 35.5. The first-order valence-electron chi connectivity index (χ1n) is 6.90. The Hall–Kier alpha value is -1.23. The minimum atomic E-state index is 0.0182. The Balaban J connectivity index is 1.99. The zero-order valence-electron chi connectivity index (χ0n) is 11.9. The summed E-state index contributed by atoms with van der Waals surface area (Å²) < 4.78 is 0. The average molecular weight is 323 g/mol. The van der Waals surface area contributed by atoms with E-state index in [1.54, 1.807) is 0 Å². The van der Waals surface area contributed by atoms with Crippen molar-refractivity contribution in [1.82, 2.24) is 5.32 Å². The average Bonchev–Trinajstić information content (AvgIpc) is 2.45. The molecule has 2 rings (SSSR count). The second kappa shape index (κ2) is 7.69. The van der Waals surface area contributed by atoms with Crippen LogP contribution in [0, 0.1) is 0 Å². The SMILES string of the molecule is CC(N)CCNC(=O)CSc1cccc2cccc(Cl)c12. The summed E-state index contributed by atoms with van der Waals surface area (Å²) in [4.78, 5) is 12.8. The van der Waals surface area contributed by atoms with Gasteiger partial charge < -0.3 is 11.1 Å². The number of rotatable bonds is 6. The Kier molecular flexibility index (Phi) is 5.91. The van der Waals surface area contributed by atoms with Crippen LogP contribution in [0.2, 0.25) is 5.02 Å². The Labute approximate surface area is 134 Å². The second-order valence-corrected chi connectivity index (χ2v) is 6.42. The molecule has 2 aromatic rings. The summed E-state index contributed by atoms with van der Waals surface area (Å²) in [6.07, 6.45) is 0.788.